The van der Waals surface area contributed by atoms with E-state index in [4.69, 9.17) is 43.5 Å². The predicted octanol–water partition coefficient (Wildman–Crippen LogP) is 13.0. The van der Waals surface area contributed by atoms with E-state index in [-0.39, 0.29) is 0 Å². The van der Waals surface area contributed by atoms with Gasteiger partial charge in [-0.2, -0.15) is 12.1 Å². The third kappa shape index (κ3) is 13.2. The summed E-state index contributed by atoms with van der Waals surface area (Å²) in [6, 6.07) is 39.7. The summed E-state index contributed by atoms with van der Waals surface area (Å²) < 4.78 is 12.1. The minimum atomic E-state index is -3.29. The summed E-state index contributed by atoms with van der Waals surface area (Å²) >= 11 is -3.29. The van der Waals surface area contributed by atoms with Crippen molar-refractivity contribution in [1.29, 1.82) is 0 Å². The molecule has 0 N–H and O–H groups in total. The van der Waals surface area contributed by atoms with Crippen LogP contribution in [0.4, 0.5) is 11.4 Å². The average Bonchev–Trinajstić information content (AvgIpc) is 3.65. The second kappa shape index (κ2) is 20.2. The Kier molecular flexibility index (Phi) is 17.3. The van der Waals surface area contributed by atoms with Crippen LogP contribution in [0.2, 0.25) is 13.1 Å². The summed E-state index contributed by atoms with van der Waals surface area (Å²) in [5, 5.41) is 5.29. The van der Waals surface area contributed by atoms with E-state index < -0.39 is 15.5 Å². The second-order valence-electron chi connectivity index (χ2n) is 13.9. The monoisotopic (exact) mass is 874 g/mol. The van der Waals surface area contributed by atoms with Gasteiger partial charge in [0.15, 0.2) is 13.5 Å². The Bertz CT molecular complexity index is 1840. The van der Waals surface area contributed by atoms with Crippen molar-refractivity contribution in [1.82, 2.24) is 8.97 Å². The van der Waals surface area contributed by atoms with E-state index in [2.05, 4.69) is 164 Å². The Balaban J connectivity index is 0.000000233. The molecule has 52 heavy (non-hydrogen) atoms. The fourth-order valence-corrected chi connectivity index (χ4v) is 6.16. The number of rotatable bonds is 8. The van der Waals surface area contributed by atoms with E-state index in [1.807, 2.05) is 0 Å². The van der Waals surface area contributed by atoms with E-state index in [1.54, 1.807) is 14.2 Å². The maximum absolute atomic E-state index is 5.31. The van der Waals surface area contributed by atoms with Gasteiger partial charge in [0.05, 0.1) is 28.2 Å². The number of hydrogen-bond acceptors (Lipinski definition) is 2. The van der Waals surface area contributed by atoms with Crippen LogP contribution in [-0.2, 0) is 25.0 Å². The van der Waals surface area contributed by atoms with Crippen LogP contribution in [0.5, 0.6) is 0 Å². The number of halogens is 4. The van der Waals surface area contributed by atoms with E-state index in [0.29, 0.717) is 13.5 Å². The molecule has 0 bridgehead atoms. The van der Waals surface area contributed by atoms with Gasteiger partial charge < -0.3 is 9.47 Å². The maximum atomic E-state index is 5.31. The number of hydrogen-bond donors (Lipinski definition) is 0. The first kappa shape index (κ1) is 44.6. The number of ether oxygens (including phenoxy) is 2. The first-order chi connectivity index (χ1) is 24.4. The molecule has 6 aromatic rings. The normalized spacial score (nSPS) is 11.7. The fraction of sp³-hybridized carbons (Fsp3) is 0.286. The Morgan fingerprint density at radius 3 is 1.17 bits per heavy atom. The molecule has 0 aliphatic carbocycles. The van der Waals surface area contributed by atoms with Crippen LogP contribution in [0, 0.1) is 13.8 Å². The van der Waals surface area contributed by atoms with Crippen LogP contribution in [0.1, 0.15) is 11.1 Å². The van der Waals surface area contributed by atoms with Crippen LogP contribution in [-0.4, -0.2) is 65.4 Å². The number of fused-ring (bicyclic) bond motifs is 2. The van der Waals surface area contributed by atoms with Gasteiger partial charge in [0, 0.05) is 23.7 Å². The summed E-state index contributed by atoms with van der Waals surface area (Å²) in [5.41, 5.74) is 10.2. The number of aryl methyl sites for hydroxylation is 2. The molecule has 0 fully saturated rings. The molecule has 0 aliphatic rings. The van der Waals surface area contributed by atoms with Crippen LogP contribution in [0.3, 0.4) is 0 Å². The molecular formula is C42H52Cl4N2O2SiZr. The molecule has 0 unspecified atom stereocenters. The van der Waals surface area contributed by atoms with Crippen molar-refractivity contribution in [3.05, 3.63) is 120 Å². The molecule has 2 radical (unpaired) electrons. The van der Waals surface area contributed by atoms with Gasteiger partial charge in [0.25, 0.3) is 0 Å². The summed E-state index contributed by atoms with van der Waals surface area (Å²) in [5.74, 6) is 0. The van der Waals surface area contributed by atoms with E-state index >= 15 is 0 Å². The molecule has 0 amide bonds. The minimum absolute atomic E-state index is 0.664. The Morgan fingerprint density at radius 2 is 0.885 bits per heavy atom. The number of quaternary nitrogens is 2. The number of nitrogens with zero attached hydrogens (tertiary/aromatic N) is 2. The van der Waals surface area contributed by atoms with Gasteiger partial charge in [-0.1, -0.05) is 50.2 Å². The summed E-state index contributed by atoms with van der Waals surface area (Å²) in [6.45, 7) is 9.93. The molecule has 6 rings (SSSR count). The molecular weight excluding hydrogens is 826 g/mol. The quantitative estimate of drug-likeness (QED) is 0.0656. The van der Waals surface area contributed by atoms with Crippen molar-refractivity contribution < 1.29 is 25.0 Å². The van der Waals surface area contributed by atoms with Crippen molar-refractivity contribution in [2.24, 2.45) is 0 Å². The Hall–Kier alpha value is -1.80. The van der Waals surface area contributed by atoms with Crippen LogP contribution >= 0.6 is 34.1 Å². The molecule has 0 aromatic heterocycles. The van der Waals surface area contributed by atoms with Gasteiger partial charge in [-0.3, -0.25) is 8.97 Å². The summed E-state index contributed by atoms with van der Waals surface area (Å²) in [6.07, 6.45) is 0. The zero-order valence-corrected chi connectivity index (χ0v) is 38.5. The Labute approximate surface area is 333 Å². The van der Waals surface area contributed by atoms with Crippen molar-refractivity contribution >= 4 is 76.5 Å². The summed E-state index contributed by atoms with van der Waals surface area (Å²) in [4.78, 5) is 0. The molecule has 0 aliphatic heterocycles. The van der Waals surface area contributed by atoms with E-state index in [1.165, 1.54) is 66.3 Å². The third-order valence-electron chi connectivity index (χ3n) is 8.45. The van der Waals surface area contributed by atoms with Crippen LogP contribution < -0.4 is 8.97 Å². The van der Waals surface area contributed by atoms with Gasteiger partial charge in [-0.25, -0.2) is 0 Å². The summed E-state index contributed by atoms with van der Waals surface area (Å²) in [7, 11) is 33.3. The van der Waals surface area contributed by atoms with Crippen molar-refractivity contribution in [3.63, 3.8) is 0 Å². The number of methoxy groups -OCH3 is 2. The number of benzene rings is 4. The van der Waals surface area contributed by atoms with Gasteiger partial charge in [-0.15, -0.1) is 69.1 Å². The molecule has 0 heterocycles. The molecule has 4 nitrogen and oxygen atoms in total. The van der Waals surface area contributed by atoms with Crippen molar-refractivity contribution in [3.8, 4) is 22.3 Å². The predicted molar refractivity (Wildman–Crippen MR) is 231 cm³/mol. The van der Waals surface area contributed by atoms with Gasteiger partial charge >= 0.3 is 49.5 Å². The second-order valence-corrected chi connectivity index (χ2v) is 37.3. The molecule has 0 saturated carbocycles. The van der Waals surface area contributed by atoms with E-state index in [9.17, 15) is 0 Å². The van der Waals surface area contributed by atoms with Gasteiger partial charge in [-0.05, 0) is 59.7 Å². The fourth-order valence-electron chi connectivity index (χ4n) is 6.16. The molecule has 6 aromatic carbocycles. The first-order valence-corrected chi connectivity index (χ1v) is 31.6. The van der Waals surface area contributed by atoms with Gasteiger partial charge in [0.1, 0.15) is 11.4 Å². The Morgan fingerprint density at radius 1 is 0.577 bits per heavy atom. The molecule has 10 heteroatoms. The molecule has 278 valence electrons. The standard InChI is InChI=1S/2C20H23NO.C2H6Si.4ClH.Zr/c2*1-15-12-17-6-5-7-19(20(17)13-15)16-8-10-18(11-9-16)21(2,3)14-22-4;1-3-2;;;;;/h2*5-13H,14H2,1-4H3;1-2H3;4*1H;/q;;;;;;;+4/p-4. The molecule has 0 atom stereocenters. The zero-order valence-electron chi connectivity index (χ0n) is 32.0. The third-order valence-corrected chi connectivity index (χ3v) is 8.45. The first-order valence-electron chi connectivity index (χ1n) is 17.0. The van der Waals surface area contributed by atoms with Crippen LogP contribution in [0.15, 0.2) is 109 Å². The topological polar surface area (TPSA) is 18.5 Å². The van der Waals surface area contributed by atoms with Crippen LogP contribution in [0.25, 0.3) is 43.8 Å². The van der Waals surface area contributed by atoms with Gasteiger partial charge in [0.2, 0.25) is 0 Å². The van der Waals surface area contributed by atoms with Crippen molar-refractivity contribution in [2.75, 3.05) is 55.9 Å². The zero-order chi connectivity index (χ0) is 38.7. The average molecular weight is 878 g/mol. The van der Waals surface area contributed by atoms with E-state index in [0.717, 1.165) is 18.5 Å². The van der Waals surface area contributed by atoms with Crippen molar-refractivity contribution in [2.45, 2.75) is 26.9 Å². The molecule has 0 saturated heterocycles. The molecule has 0 spiro atoms. The SMILES string of the molecule is COC[N+](C)(C)c1ccc(-c2cccc3[cH-]c(C)cc23)cc1.COC[N+](C)(C)c1ccc(-c2cccc3[cH-]c(C)cc23)cc1.C[Si]C.[Cl][Zr]([Cl])([Cl])[Cl].